The lowest BCUT2D eigenvalue weighted by Crippen LogP contribution is -2.35. The van der Waals surface area contributed by atoms with E-state index >= 15 is 0 Å². The maximum Gasteiger partial charge on any atom is 0.249 e. The van der Waals surface area contributed by atoms with E-state index in [9.17, 15) is 18.0 Å². The number of aryl methyl sites for hydroxylation is 2. The van der Waals surface area contributed by atoms with Crippen molar-refractivity contribution in [3.05, 3.63) is 29.5 Å². The van der Waals surface area contributed by atoms with Crippen molar-refractivity contribution in [2.45, 2.75) is 50.8 Å². The molecule has 1 fully saturated rings. The van der Waals surface area contributed by atoms with Crippen molar-refractivity contribution in [3.8, 4) is 11.1 Å². The predicted octanol–water partition coefficient (Wildman–Crippen LogP) is 2.71. The number of anilines is 1. The molecule has 0 unspecified atom stereocenters. The molecule has 8 nitrogen and oxygen atoms in total. The Hall–Kier alpha value is -2.52. The van der Waals surface area contributed by atoms with Crippen LogP contribution in [0.4, 0.5) is 5.82 Å². The molecule has 9 heteroatoms. The third kappa shape index (κ3) is 3.49. The molecule has 1 saturated heterocycles. The lowest BCUT2D eigenvalue weighted by Gasteiger charge is -2.26. The Morgan fingerprint density at radius 1 is 1.03 bits per heavy atom. The molecule has 29 heavy (non-hydrogen) atoms. The standard InChI is InChI=1S/C20H24N4O4S/c1-13-6-7-15(12-16(13)29(27,28)23-10-4-3-5-11-23)19-14(2)22-24-18(26)9-8-17(25)21-20(19)24/h6-7,12H,3-5,8-11H2,1-2H3,(H,21,25). The molecular weight excluding hydrogens is 392 g/mol. The molecule has 3 heterocycles. The molecule has 0 aliphatic carbocycles. The fourth-order valence-corrected chi connectivity index (χ4v) is 5.74. The summed E-state index contributed by atoms with van der Waals surface area (Å²) >= 11 is 0. The molecule has 2 aliphatic heterocycles. The van der Waals surface area contributed by atoms with Gasteiger partial charge in [0.15, 0.2) is 0 Å². The molecule has 154 valence electrons. The van der Waals surface area contributed by atoms with Gasteiger partial charge in [0.05, 0.1) is 10.6 Å². The summed E-state index contributed by atoms with van der Waals surface area (Å²) in [5.41, 5.74) is 2.40. The summed E-state index contributed by atoms with van der Waals surface area (Å²) in [5, 5.41) is 7.06. The summed E-state index contributed by atoms with van der Waals surface area (Å²) in [6.45, 7) is 4.57. The Labute approximate surface area is 169 Å². The van der Waals surface area contributed by atoms with Crippen molar-refractivity contribution in [3.63, 3.8) is 0 Å². The topological polar surface area (TPSA) is 101 Å². The summed E-state index contributed by atoms with van der Waals surface area (Å²) in [6, 6.07) is 5.19. The maximum absolute atomic E-state index is 13.2. The van der Waals surface area contributed by atoms with Crippen molar-refractivity contribution >= 4 is 27.7 Å². The molecule has 1 amide bonds. The number of rotatable bonds is 3. The fourth-order valence-electron chi connectivity index (χ4n) is 3.97. The second kappa shape index (κ2) is 7.38. The lowest BCUT2D eigenvalue weighted by molar-refractivity contribution is -0.116. The first-order chi connectivity index (χ1) is 13.8. The van der Waals surface area contributed by atoms with E-state index in [0.717, 1.165) is 19.3 Å². The van der Waals surface area contributed by atoms with Gasteiger partial charge in [-0.15, -0.1) is 0 Å². The highest BCUT2D eigenvalue weighted by atomic mass is 32.2. The zero-order valence-corrected chi connectivity index (χ0v) is 17.4. The van der Waals surface area contributed by atoms with E-state index in [1.54, 1.807) is 36.4 Å². The largest absolute Gasteiger partial charge is 0.310 e. The quantitative estimate of drug-likeness (QED) is 0.829. The second-order valence-electron chi connectivity index (χ2n) is 7.61. The maximum atomic E-state index is 13.2. The number of benzene rings is 1. The van der Waals surface area contributed by atoms with E-state index in [1.807, 2.05) is 0 Å². The normalized spacial score (nSPS) is 18.3. The number of nitrogens with zero attached hydrogens (tertiary/aromatic N) is 3. The van der Waals surface area contributed by atoms with Crippen LogP contribution in [-0.4, -0.2) is 47.4 Å². The Balaban J connectivity index is 1.83. The average molecular weight is 417 g/mol. The first-order valence-corrected chi connectivity index (χ1v) is 11.3. The van der Waals surface area contributed by atoms with Gasteiger partial charge < -0.3 is 5.32 Å². The smallest absolute Gasteiger partial charge is 0.249 e. The van der Waals surface area contributed by atoms with E-state index in [-0.39, 0.29) is 29.6 Å². The Bertz CT molecular complexity index is 1100. The number of fused-ring (bicyclic) bond motifs is 1. The summed E-state index contributed by atoms with van der Waals surface area (Å²) in [7, 11) is -3.62. The highest BCUT2D eigenvalue weighted by Crippen LogP contribution is 2.35. The van der Waals surface area contributed by atoms with Crippen LogP contribution in [0.25, 0.3) is 11.1 Å². The van der Waals surface area contributed by atoms with Gasteiger partial charge in [-0.1, -0.05) is 18.6 Å². The molecule has 2 aliphatic rings. The summed E-state index contributed by atoms with van der Waals surface area (Å²) in [6.07, 6.45) is 2.95. The monoisotopic (exact) mass is 416 g/mol. The Kier molecular flexibility index (Phi) is 5.04. The van der Waals surface area contributed by atoms with E-state index in [0.29, 0.717) is 41.3 Å². The summed E-state index contributed by atoms with van der Waals surface area (Å²) in [4.78, 5) is 24.7. The highest BCUT2D eigenvalue weighted by Gasteiger charge is 2.30. The number of amides is 1. The van der Waals surface area contributed by atoms with Crippen LogP contribution in [0.5, 0.6) is 0 Å². The minimum atomic E-state index is -3.62. The van der Waals surface area contributed by atoms with Crippen LogP contribution in [0, 0.1) is 13.8 Å². The van der Waals surface area contributed by atoms with Crippen LogP contribution in [0.2, 0.25) is 0 Å². The van der Waals surface area contributed by atoms with Gasteiger partial charge in [0.25, 0.3) is 0 Å². The number of carbonyl (C=O) groups excluding carboxylic acids is 2. The van der Waals surface area contributed by atoms with Crippen LogP contribution < -0.4 is 5.32 Å². The van der Waals surface area contributed by atoms with Gasteiger partial charge in [-0.3, -0.25) is 9.59 Å². The van der Waals surface area contributed by atoms with Crippen molar-refractivity contribution in [2.75, 3.05) is 18.4 Å². The first kappa shape index (κ1) is 19.8. The average Bonchev–Trinajstić information content (AvgIpc) is 2.96. The molecule has 1 N–H and O–H groups in total. The van der Waals surface area contributed by atoms with Gasteiger partial charge in [-0.25, -0.2) is 8.42 Å². The van der Waals surface area contributed by atoms with Gasteiger partial charge in [-0.05, 0) is 43.9 Å². The zero-order chi connectivity index (χ0) is 20.8. The highest BCUT2D eigenvalue weighted by molar-refractivity contribution is 7.89. The summed E-state index contributed by atoms with van der Waals surface area (Å²) in [5.74, 6) is -0.215. The molecule has 4 rings (SSSR count). The summed E-state index contributed by atoms with van der Waals surface area (Å²) < 4.78 is 29.2. The molecule has 1 aromatic carbocycles. The van der Waals surface area contributed by atoms with Crippen molar-refractivity contribution < 1.29 is 18.0 Å². The minimum Gasteiger partial charge on any atom is -0.310 e. The van der Waals surface area contributed by atoms with Crippen LogP contribution in [0.1, 0.15) is 48.2 Å². The van der Waals surface area contributed by atoms with E-state index in [1.165, 1.54) is 4.68 Å². The van der Waals surface area contributed by atoms with E-state index < -0.39 is 10.0 Å². The van der Waals surface area contributed by atoms with Gasteiger partial charge in [0.1, 0.15) is 5.82 Å². The van der Waals surface area contributed by atoms with Gasteiger partial charge in [0, 0.05) is 31.5 Å². The Morgan fingerprint density at radius 3 is 2.48 bits per heavy atom. The molecular formula is C20H24N4O4S. The minimum absolute atomic E-state index is 0.0852. The zero-order valence-electron chi connectivity index (χ0n) is 16.6. The molecule has 0 spiro atoms. The third-order valence-corrected chi connectivity index (χ3v) is 7.57. The first-order valence-electron chi connectivity index (χ1n) is 9.83. The van der Waals surface area contributed by atoms with Gasteiger partial charge in [0.2, 0.25) is 21.8 Å². The van der Waals surface area contributed by atoms with Crippen LogP contribution in [-0.2, 0) is 14.8 Å². The SMILES string of the molecule is Cc1ccc(-c2c(C)nn3c2NC(=O)CCC3=O)cc1S(=O)(=O)N1CCCCC1. The van der Waals surface area contributed by atoms with Crippen molar-refractivity contribution in [2.24, 2.45) is 0 Å². The van der Waals surface area contributed by atoms with Crippen LogP contribution in [0.3, 0.4) is 0 Å². The Morgan fingerprint density at radius 2 is 1.76 bits per heavy atom. The van der Waals surface area contributed by atoms with Crippen LogP contribution >= 0.6 is 0 Å². The predicted molar refractivity (Wildman–Crippen MR) is 108 cm³/mol. The number of carbonyl (C=O) groups is 2. The van der Waals surface area contributed by atoms with E-state index in [2.05, 4.69) is 10.4 Å². The number of hydrogen-bond donors (Lipinski definition) is 1. The molecule has 0 atom stereocenters. The lowest BCUT2D eigenvalue weighted by atomic mass is 10.0. The number of hydrogen-bond acceptors (Lipinski definition) is 5. The van der Waals surface area contributed by atoms with Crippen molar-refractivity contribution in [1.29, 1.82) is 0 Å². The van der Waals surface area contributed by atoms with Gasteiger partial charge in [-0.2, -0.15) is 14.1 Å². The number of piperidine rings is 1. The third-order valence-electron chi connectivity index (χ3n) is 5.53. The molecule has 0 saturated carbocycles. The van der Waals surface area contributed by atoms with Crippen LogP contribution in [0.15, 0.2) is 23.1 Å². The van der Waals surface area contributed by atoms with E-state index in [4.69, 9.17) is 0 Å². The van der Waals surface area contributed by atoms with Crippen molar-refractivity contribution in [1.82, 2.24) is 14.1 Å². The molecule has 1 aromatic heterocycles. The molecule has 2 aromatic rings. The second-order valence-corrected chi connectivity index (χ2v) is 9.51. The fraction of sp³-hybridized carbons (Fsp3) is 0.450. The molecule has 0 radical (unpaired) electrons. The number of sulfonamides is 1. The van der Waals surface area contributed by atoms with Gasteiger partial charge >= 0.3 is 0 Å². The number of aromatic nitrogens is 2. The molecule has 0 bridgehead atoms. The number of nitrogens with one attached hydrogen (secondary N) is 1.